The van der Waals surface area contributed by atoms with Gasteiger partial charge in [0, 0.05) is 12.6 Å². The van der Waals surface area contributed by atoms with Crippen LogP contribution in [-0.2, 0) is 10.0 Å². The predicted octanol–water partition coefficient (Wildman–Crippen LogP) is 1.06. The van der Waals surface area contributed by atoms with Gasteiger partial charge < -0.3 is 0 Å². The Bertz CT molecular complexity index is 256. The fraction of sp³-hybridized carbons (Fsp3) is 1.00. The molecule has 1 aliphatic heterocycles. The summed E-state index contributed by atoms with van der Waals surface area (Å²) in [6.07, 6.45) is 0. The molecule has 2 atom stereocenters. The summed E-state index contributed by atoms with van der Waals surface area (Å²) in [4.78, 5) is 0. The minimum absolute atomic E-state index is 0.261. The van der Waals surface area contributed by atoms with Crippen LogP contribution in [-0.4, -0.2) is 30.6 Å². The molecule has 0 bridgehead atoms. The van der Waals surface area contributed by atoms with E-state index >= 15 is 0 Å². The number of hydrogen-bond acceptors (Lipinski definition) is 2. The normalized spacial score (nSPS) is 29.8. The molecule has 3 nitrogen and oxygen atoms in total. The van der Waals surface area contributed by atoms with Crippen LogP contribution in [0.1, 0.15) is 27.7 Å². The molecule has 0 aromatic heterocycles. The SMILES string of the molecule is CC(C)C1C[N@]1S(=O)(=O)C(C)C. The maximum atomic E-state index is 11.5. The zero-order valence-corrected chi connectivity index (χ0v) is 8.93. The summed E-state index contributed by atoms with van der Waals surface area (Å²) in [5.74, 6) is 0.443. The highest BCUT2D eigenvalue weighted by molar-refractivity contribution is 7.89. The van der Waals surface area contributed by atoms with Crippen LogP contribution >= 0.6 is 0 Å². The molecule has 1 saturated heterocycles. The highest BCUT2D eigenvalue weighted by atomic mass is 32.2. The average Bonchev–Trinajstić information content (AvgIpc) is 2.63. The first-order valence-corrected chi connectivity index (χ1v) is 5.88. The van der Waals surface area contributed by atoms with Gasteiger partial charge in [0.25, 0.3) is 0 Å². The van der Waals surface area contributed by atoms with Crippen molar-refractivity contribution >= 4 is 10.0 Å². The Labute approximate surface area is 74.8 Å². The molecule has 12 heavy (non-hydrogen) atoms. The average molecular weight is 191 g/mol. The molecule has 0 amide bonds. The van der Waals surface area contributed by atoms with Crippen molar-refractivity contribution in [2.24, 2.45) is 5.92 Å². The summed E-state index contributed by atoms with van der Waals surface area (Å²) in [6, 6.07) is 0.261. The largest absolute Gasteiger partial charge is 0.216 e. The van der Waals surface area contributed by atoms with E-state index in [1.54, 1.807) is 18.2 Å². The second-order valence-corrected chi connectivity index (χ2v) is 6.42. The van der Waals surface area contributed by atoms with E-state index in [1.807, 2.05) is 0 Å². The van der Waals surface area contributed by atoms with Crippen LogP contribution in [0.4, 0.5) is 0 Å². The zero-order chi connectivity index (χ0) is 9.52. The van der Waals surface area contributed by atoms with Crippen LogP contribution in [0.5, 0.6) is 0 Å². The molecule has 1 heterocycles. The first kappa shape index (κ1) is 9.99. The molecular formula is C8H17NO2S. The Morgan fingerprint density at radius 2 is 1.75 bits per heavy atom. The summed E-state index contributed by atoms with van der Waals surface area (Å²) < 4.78 is 24.7. The highest BCUT2D eigenvalue weighted by Crippen LogP contribution is 2.30. The lowest BCUT2D eigenvalue weighted by Crippen LogP contribution is -2.24. The third-order valence-corrected chi connectivity index (χ3v) is 4.56. The highest BCUT2D eigenvalue weighted by Gasteiger charge is 2.46. The van der Waals surface area contributed by atoms with Gasteiger partial charge in [0.15, 0.2) is 0 Å². The Kier molecular flexibility index (Phi) is 2.50. The van der Waals surface area contributed by atoms with E-state index in [-0.39, 0.29) is 11.3 Å². The van der Waals surface area contributed by atoms with Crippen molar-refractivity contribution in [3.05, 3.63) is 0 Å². The lowest BCUT2D eigenvalue weighted by Gasteiger charge is -2.10. The van der Waals surface area contributed by atoms with E-state index in [9.17, 15) is 8.42 Å². The van der Waals surface area contributed by atoms with Crippen molar-refractivity contribution in [2.75, 3.05) is 6.54 Å². The van der Waals surface area contributed by atoms with Crippen molar-refractivity contribution in [1.82, 2.24) is 4.31 Å². The van der Waals surface area contributed by atoms with E-state index in [1.165, 1.54) is 0 Å². The van der Waals surface area contributed by atoms with Gasteiger partial charge in [-0.1, -0.05) is 13.8 Å². The van der Waals surface area contributed by atoms with E-state index < -0.39 is 10.0 Å². The topological polar surface area (TPSA) is 37.1 Å². The van der Waals surface area contributed by atoms with E-state index in [0.717, 1.165) is 6.54 Å². The monoisotopic (exact) mass is 191 g/mol. The minimum atomic E-state index is -2.96. The standard InChI is InChI=1S/C8H17NO2S/c1-6(2)8-5-9(8)12(10,11)7(3)4/h6-8H,5H2,1-4H3/t8?,9-/m0/s1. The molecule has 0 spiro atoms. The zero-order valence-electron chi connectivity index (χ0n) is 8.11. The molecule has 0 N–H and O–H groups in total. The van der Waals surface area contributed by atoms with Crippen molar-refractivity contribution in [3.8, 4) is 0 Å². The maximum absolute atomic E-state index is 11.5. The smallest absolute Gasteiger partial charge is 0.212 e. The molecule has 0 aliphatic carbocycles. The lowest BCUT2D eigenvalue weighted by atomic mass is 10.1. The summed E-state index contributed by atoms with van der Waals surface area (Å²) >= 11 is 0. The van der Waals surface area contributed by atoms with Crippen LogP contribution < -0.4 is 0 Å². The van der Waals surface area contributed by atoms with Gasteiger partial charge in [-0.15, -0.1) is 0 Å². The van der Waals surface area contributed by atoms with Gasteiger partial charge in [-0.2, -0.15) is 4.31 Å². The quantitative estimate of drug-likeness (QED) is 0.626. The van der Waals surface area contributed by atoms with Crippen molar-refractivity contribution in [3.63, 3.8) is 0 Å². The Morgan fingerprint density at radius 1 is 1.25 bits per heavy atom. The Morgan fingerprint density at radius 3 is 2.00 bits per heavy atom. The van der Waals surface area contributed by atoms with E-state index in [0.29, 0.717) is 5.92 Å². The number of sulfonamides is 1. The first-order chi connectivity index (χ1) is 5.37. The van der Waals surface area contributed by atoms with Gasteiger partial charge in [0.2, 0.25) is 10.0 Å². The number of hydrogen-bond donors (Lipinski definition) is 0. The predicted molar refractivity (Wildman–Crippen MR) is 49.4 cm³/mol. The molecule has 0 saturated carbocycles. The van der Waals surface area contributed by atoms with Gasteiger partial charge in [-0.3, -0.25) is 0 Å². The third-order valence-electron chi connectivity index (χ3n) is 2.30. The fourth-order valence-corrected chi connectivity index (χ4v) is 2.77. The molecule has 1 rings (SSSR count). The number of rotatable bonds is 3. The molecule has 4 heteroatoms. The van der Waals surface area contributed by atoms with Gasteiger partial charge >= 0.3 is 0 Å². The van der Waals surface area contributed by atoms with Crippen molar-refractivity contribution in [1.29, 1.82) is 0 Å². The molecule has 1 unspecified atom stereocenters. The molecule has 0 aromatic carbocycles. The Balaban J connectivity index is 2.65. The molecule has 72 valence electrons. The molecule has 1 fully saturated rings. The van der Waals surface area contributed by atoms with Gasteiger partial charge in [0.05, 0.1) is 5.25 Å². The van der Waals surface area contributed by atoms with Crippen LogP contribution in [0.2, 0.25) is 0 Å². The van der Waals surface area contributed by atoms with Crippen LogP contribution in [0, 0.1) is 5.92 Å². The second-order valence-electron chi connectivity index (χ2n) is 3.97. The van der Waals surface area contributed by atoms with E-state index in [2.05, 4.69) is 13.8 Å². The van der Waals surface area contributed by atoms with Crippen molar-refractivity contribution < 1.29 is 8.42 Å². The van der Waals surface area contributed by atoms with Crippen molar-refractivity contribution in [2.45, 2.75) is 39.0 Å². The second kappa shape index (κ2) is 3.00. The van der Waals surface area contributed by atoms with Gasteiger partial charge in [-0.05, 0) is 19.8 Å². The fourth-order valence-electron chi connectivity index (χ4n) is 1.24. The summed E-state index contributed by atoms with van der Waals surface area (Å²) in [5.41, 5.74) is 0. The maximum Gasteiger partial charge on any atom is 0.216 e. The van der Waals surface area contributed by atoms with Crippen LogP contribution in [0.25, 0.3) is 0 Å². The molecule has 0 aromatic rings. The van der Waals surface area contributed by atoms with Crippen LogP contribution in [0.15, 0.2) is 0 Å². The molecular weight excluding hydrogens is 174 g/mol. The van der Waals surface area contributed by atoms with Gasteiger partial charge in [0.1, 0.15) is 0 Å². The van der Waals surface area contributed by atoms with E-state index in [4.69, 9.17) is 0 Å². The minimum Gasteiger partial charge on any atom is -0.212 e. The number of nitrogens with zero attached hydrogens (tertiary/aromatic N) is 1. The Hall–Kier alpha value is -0.0900. The van der Waals surface area contributed by atoms with Crippen LogP contribution in [0.3, 0.4) is 0 Å². The summed E-state index contributed by atoms with van der Waals surface area (Å²) in [6.45, 7) is 8.29. The summed E-state index contributed by atoms with van der Waals surface area (Å²) in [7, 11) is -2.96. The summed E-state index contributed by atoms with van der Waals surface area (Å²) in [5, 5.41) is -0.277. The molecule has 0 radical (unpaired) electrons. The molecule has 1 aliphatic rings. The lowest BCUT2D eigenvalue weighted by molar-refractivity contribution is 0.511. The van der Waals surface area contributed by atoms with Gasteiger partial charge in [-0.25, -0.2) is 8.42 Å². The first-order valence-electron chi connectivity index (χ1n) is 4.38. The third kappa shape index (κ3) is 1.64.